The third-order valence-electron chi connectivity index (χ3n) is 6.53. The highest BCUT2D eigenvalue weighted by molar-refractivity contribution is 6.88. The van der Waals surface area contributed by atoms with E-state index in [1.54, 1.807) is 0 Å². The van der Waals surface area contributed by atoms with E-state index in [1.165, 1.54) is 5.19 Å². The summed E-state index contributed by atoms with van der Waals surface area (Å²) in [5.74, 6) is 0.238. The van der Waals surface area contributed by atoms with Crippen molar-refractivity contribution in [2.24, 2.45) is 5.92 Å². The zero-order valence-electron chi connectivity index (χ0n) is 18.1. The van der Waals surface area contributed by atoms with Crippen molar-refractivity contribution in [1.29, 1.82) is 0 Å². The van der Waals surface area contributed by atoms with Crippen LogP contribution < -0.4 is 5.19 Å². The lowest BCUT2D eigenvalue weighted by Crippen LogP contribution is -2.48. The van der Waals surface area contributed by atoms with Crippen molar-refractivity contribution < 1.29 is 14.3 Å². The summed E-state index contributed by atoms with van der Waals surface area (Å²) in [6.07, 6.45) is 3.17. The molecule has 0 spiro atoms. The first-order valence-corrected chi connectivity index (χ1v) is 14.5. The molecule has 2 aromatic rings. The number of piperidine rings is 1. The molecule has 4 rings (SSSR count). The highest BCUT2D eigenvalue weighted by Gasteiger charge is 2.46. The minimum Gasteiger partial charge on any atom is -0.445 e. The first-order chi connectivity index (χ1) is 14.3. The molecule has 1 amide bonds. The fourth-order valence-electron chi connectivity index (χ4n) is 4.86. The maximum atomic E-state index is 13.3. The highest BCUT2D eigenvalue weighted by atomic mass is 28.3. The number of rotatable bonds is 5. The van der Waals surface area contributed by atoms with E-state index in [-0.39, 0.29) is 29.9 Å². The number of ketones is 1. The fourth-order valence-corrected chi connectivity index (χ4v) is 6.04. The van der Waals surface area contributed by atoms with Gasteiger partial charge >= 0.3 is 6.09 Å². The number of carbonyl (C=O) groups excluding carboxylic acids is 2. The molecule has 0 radical (unpaired) electrons. The van der Waals surface area contributed by atoms with Gasteiger partial charge in [0.05, 0.1) is 8.07 Å². The van der Waals surface area contributed by atoms with Crippen LogP contribution in [0.25, 0.3) is 0 Å². The summed E-state index contributed by atoms with van der Waals surface area (Å²) >= 11 is 0. The molecule has 2 saturated heterocycles. The Hall–Kier alpha value is -2.40. The number of hydrogen-bond acceptors (Lipinski definition) is 3. The summed E-state index contributed by atoms with van der Waals surface area (Å²) in [7, 11) is -1.46. The smallest absolute Gasteiger partial charge is 0.410 e. The maximum absolute atomic E-state index is 13.3. The summed E-state index contributed by atoms with van der Waals surface area (Å²) in [5.41, 5.74) is 1.82. The van der Waals surface area contributed by atoms with Gasteiger partial charge in [0.1, 0.15) is 6.61 Å². The number of benzene rings is 2. The molecule has 2 fully saturated rings. The van der Waals surface area contributed by atoms with Gasteiger partial charge in [0.2, 0.25) is 0 Å². The summed E-state index contributed by atoms with van der Waals surface area (Å²) in [5, 5.41) is 1.32. The highest BCUT2D eigenvalue weighted by Crippen LogP contribution is 2.40. The van der Waals surface area contributed by atoms with E-state index < -0.39 is 8.07 Å². The molecule has 30 heavy (non-hydrogen) atoms. The van der Waals surface area contributed by atoms with Crippen LogP contribution in [0.5, 0.6) is 0 Å². The van der Waals surface area contributed by atoms with Crippen LogP contribution in [0.1, 0.15) is 41.6 Å². The first kappa shape index (κ1) is 20.9. The topological polar surface area (TPSA) is 46.6 Å². The Morgan fingerprint density at radius 3 is 2.27 bits per heavy atom. The minimum atomic E-state index is -1.46. The van der Waals surface area contributed by atoms with E-state index in [0.717, 1.165) is 36.8 Å². The average molecular weight is 422 g/mol. The van der Waals surface area contributed by atoms with Crippen molar-refractivity contribution in [1.82, 2.24) is 4.90 Å². The summed E-state index contributed by atoms with van der Waals surface area (Å²) in [4.78, 5) is 27.9. The molecule has 0 aromatic heterocycles. The largest absolute Gasteiger partial charge is 0.445 e. The van der Waals surface area contributed by atoms with Crippen LogP contribution in [0.3, 0.4) is 0 Å². The van der Waals surface area contributed by atoms with Crippen LogP contribution in [0.4, 0.5) is 4.79 Å². The van der Waals surface area contributed by atoms with E-state index in [0.29, 0.717) is 6.61 Å². The van der Waals surface area contributed by atoms with Crippen LogP contribution in [-0.2, 0) is 11.3 Å². The molecule has 2 aliphatic heterocycles. The molecular formula is C25H31NO3Si. The number of Topliss-reactive ketones (excluding diaryl/α,β-unsaturated/α-hetero) is 1. The number of hydrogen-bond donors (Lipinski definition) is 0. The van der Waals surface area contributed by atoms with Gasteiger partial charge in [-0.1, -0.05) is 79.4 Å². The van der Waals surface area contributed by atoms with Crippen LogP contribution in [-0.4, -0.2) is 36.9 Å². The van der Waals surface area contributed by atoms with E-state index in [4.69, 9.17) is 4.74 Å². The molecule has 0 N–H and O–H groups in total. The Bertz CT molecular complexity index is 907. The van der Waals surface area contributed by atoms with Crippen molar-refractivity contribution in [3.8, 4) is 0 Å². The average Bonchev–Trinajstić information content (AvgIpc) is 3.01. The monoisotopic (exact) mass is 421 g/mol. The molecule has 5 heteroatoms. The third-order valence-corrected chi connectivity index (χ3v) is 8.58. The van der Waals surface area contributed by atoms with Gasteiger partial charge in [-0.3, -0.25) is 4.79 Å². The SMILES string of the molecule is C[Si](C)(C)c1cccc(C(=O)C2CC3CCC(C2)N3C(=O)OCc2ccccc2)c1. The lowest BCUT2D eigenvalue weighted by Gasteiger charge is -2.37. The van der Waals surface area contributed by atoms with E-state index in [2.05, 4.69) is 31.8 Å². The lowest BCUT2D eigenvalue weighted by atomic mass is 9.85. The molecule has 2 heterocycles. The molecule has 2 unspecified atom stereocenters. The number of nitrogens with zero attached hydrogens (tertiary/aromatic N) is 1. The summed E-state index contributed by atoms with van der Waals surface area (Å²) in [6, 6.07) is 18.2. The molecule has 4 nitrogen and oxygen atoms in total. The zero-order valence-corrected chi connectivity index (χ0v) is 19.1. The van der Waals surface area contributed by atoms with Gasteiger partial charge < -0.3 is 9.64 Å². The molecule has 2 aliphatic rings. The number of carbonyl (C=O) groups is 2. The second-order valence-electron chi connectivity index (χ2n) is 9.70. The normalized spacial score (nSPS) is 23.3. The minimum absolute atomic E-state index is 0.00226. The second kappa shape index (κ2) is 8.38. The van der Waals surface area contributed by atoms with Crippen molar-refractivity contribution >= 4 is 25.1 Å². The third kappa shape index (κ3) is 4.36. The summed E-state index contributed by atoms with van der Waals surface area (Å²) in [6.45, 7) is 7.20. The Kier molecular flexibility index (Phi) is 5.83. The van der Waals surface area contributed by atoms with E-state index in [1.807, 2.05) is 47.4 Å². The standard InChI is InChI=1S/C25H31NO3Si/c1-30(2,3)23-11-7-10-19(16-23)24(27)20-14-21-12-13-22(15-20)26(21)25(28)29-17-18-8-5-4-6-9-18/h4-11,16,20-22H,12-15,17H2,1-3H3. The van der Waals surface area contributed by atoms with Crippen molar-refractivity contribution in [3.63, 3.8) is 0 Å². The van der Waals surface area contributed by atoms with Gasteiger partial charge in [-0.25, -0.2) is 4.79 Å². The molecule has 0 aliphatic carbocycles. The van der Waals surface area contributed by atoms with E-state index >= 15 is 0 Å². The second-order valence-corrected chi connectivity index (χ2v) is 14.8. The van der Waals surface area contributed by atoms with Gasteiger partial charge in [-0.15, -0.1) is 0 Å². The van der Waals surface area contributed by atoms with Crippen molar-refractivity contribution in [2.75, 3.05) is 0 Å². The van der Waals surface area contributed by atoms with Gasteiger partial charge in [-0.2, -0.15) is 0 Å². The quantitative estimate of drug-likeness (QED) is 0.504. The lowest BCUT2D eigenvalue weighted by molar-refractivity contribution is 0.0485. The predicted molar refractivity (Wildman–Crippen MR) is 122 cm³/mol. The fraction of sp³-hybridized carbons (Fsp3) is 0.440. The van der Waals surface area contributed by atoms with Gasteiger partial charge in [0.25, 0.3) is 0 Å². The van der Waals surface area contributed by atoms with Crippen molar-refractivity contribution in [2.45, 2.75) is 64.0 Å². The number of ether oxygens (including phenoxy) is 1. The van der Waals surface area contributed by atoms with E-state index in [9.17, 15) is 9.59 Å². The zero-order chi connectivity index (χ0) is 21.3. The molecule has 158 valence electrons. The van der Waals surface area contributed by atoms with Gasteiger partial charge in [0, 0.05) is 23.6 Å². The summed E-state index contributed by atoms with van der Waals surface area (Å²) < 4.78 is 5.59. The van der Waals surface area contributed by atoms with Crippen LogP contribution >= 0.6 is 0 Å². The maximum Gasteiger partial charge on any atom is 0.410 e. The van der Waals surface area contributed by atoms with Gasteiger partial charge in [0.15, 0.2) is 5.78 Å². The Balaban J connectivity index is 1.41. The van der Waals surface area contributed by atoms with Crippen LogP contribution in [0.2, 0.25) is 19.6 Å². The molecule has 2 bridgehead atoms. The van der Waals surface area contributed by atoms with Crippen molar-refractivity contribution in [3.05, 3.63) is 65.7 Å². The Morgan fingerprint density at radius 1 is 0.967 bits per heavy atom. The molecule has 0 saturated carbocycles. The van der Waals surface area contributed by atoms with Crippen LogP contribution in [0.15, 0.2) is 54.6 Å². The molecule has 2 atom stereocenters. The predicted octanol–water partition coefficient (Wildman–Crippen LogP) is 4.99. The Labute approximate surface area is 180 Å². The number of amides is 1. The van der Waals surface area contributed by atoms with Crippen LogP contribution in [0, 0.1) is 5.92 Å². The first-order valence-electron chi connectivity index (χ1n) is 11.0. The van der Waals surface area contributed by atoms with Gasteiger partial charge in [-0.05, 0) is 31.2 Å². The molecule has 2 aromatic carbocycles. The Morgan fingerprint density at radius 2 is 1.63 bits per heavy atom. The number of fused-ring (bicyclic) bond motifs is 2. The molecular weight excluding hydrogens is 390 g/mol.